The number of nitrogens with one attached hydrogen (secondary N) is 1. The van der Waals surface area contributed by atoms with Crippen LogP contribution in [-0.4, -0.2) is 31.7 Å². The number of carbonyl (C=O) groups excluding carboxylic acids is 1. The molecule has 2 aromatic carbocycles. The van der Waals surface area contributed by atoms with Crippen molar-refractivity contribution in [2.75, 3.05) is 13.1 Å². The van der Waals surface area contributed by atoms with Gasteiger partial charge in [-0.15, -0.1) is 0 Å². The van der Waals surface area contributed by atoms with Crippen molar-refractivity contribution >= 4 is 31.9 Å². The molecule has 1 aliphatic rings. The van der Waals surface area contributed by atoms with Crippen LogP contribution in [0.2, 0.25) is 0 Å². The number of piperidine rings is 1. The predicted octanol–water partition coefficient (Wildman–Crippen LogP) is 3.69. The molecule has 0 unspecified atom stereocenters. The van der Waals surface area contributed by atoms with Crippen molar-refractivity contribution in [2.45, 2.75) is 30.7 Å². The number of halogens is 2. The molecule has 0 atom stereocenters. The van der Waals surface area contributed by atoms with Gasteiger partial charge in [0.25, 0.3) is 5.91 Å². The third-order valence-corrected chi connectivity index (χ3v) is 6.91. The maximum Gasteiger partial charge on any atom is 0.254 e. The summed E-state index contributed by atoms with van der Waals surface area (Å²) >= 11 is 3.15. The van der Waals surface area contributed by atoms with Gasteiger partial charge in [-0.3, -0.25) is 4.79 Å². The third kappa shape index (κ3) is 4.75. The quantitative estimate of drug-likeness (QED) is 0.748. The summed E-state index contributed by atoms with van der Waals surface area (Å²) in [5.41, 5.74) is 0.695. The highest BCUT2D eigenvalue weighted by Crippen LogP contribution is 2.21. The van der Waals surface area contributed by atoms with E-state index in [0.29, 0.717) is 17.6 Å². The second-order valence-corrected chi connectivity index (χ2v) is 9.27. The Morgan fingerprint density at radius 3 is 2.37 bits per heavy atom. The predicted molar refractivity (Wildman–Crippen MR) is 104 cm³/mol. The molecule has 1 aliphatic heterocycles. The van der Waals surface area contributed by atoms with Gasteiger partial charge in [-0.25, -0.2) is 12.8 Å². The van der Waals surface area contributed by atoms with E-state index >= 15 is 0 Å². The van der Waals surface area contributed by atoms with Crippen molar-refractivity contribution in [1.29, 1.82) is 0 Å². The molecule has 1 N–H and O–H groups in total. The van der Waals surface area contributed by atoms with E-state index in [2.05, 4.69) is 21.2 Å². The lowest BCUT2D eigenvalue weighted by Gasteiger charge is -2.25. The normalized spacial score (nSPS) is 15.5. The summed E-state index contributed by atoms with van der Waals surface area (Å²) in [6.07, 6.45) is 2.83. The third-order valence-electron chi connectivity index (χ3n) is 4.50. The zero-order valence-corrected chi connectivity index (χ0v) is 17.0. The van der Waals surface area contributed by atoms with E-state index in [-0.39, 0.29) is 17.0 Å². The average Bonchev–Trinajstić information content (AvgIpc) is 2.67. The molecule has 0 spiro atoms. The Bertz CT molecular complexity index is 926. The standard InChI is InChI=1S/C19H20BrFN2O3S/c20-15-6-9-17(18(21)12-15)19(24)22-13-14-4-7-16(8-5-14)27(25,26)23-10-2-1-3-11-23/h4-9,12H,1-3,10-11,13H2,(H,22,24). The van der Waals surface area contributed by atoms with Gasteiger partial charge in [-0.05, 0) is 48.7 Å². The summed E-state index contributed by atoms with van der Waals surface area (Å²) in [7, 11) is -3.47. The molecule has 1 heterocycles. The van der Waals surface area contributed by atoms with Crippen LogP contribution in [-0.2, 0) is 16.6 Å². The fourth-order valence-electron chi connectivity index (χ4n) is 2.98. The zero-order valence-electron chi connectivity index (χ0n) is 14.6. The maximum absolute atomic E-state index is 13.8. The lowest BCUT2D eigenvalue weighted by atomic mass is 10.2. The number of sulfonamides is 1. The zero-order chi connectivity index (χ0) is 19.4. The molecule has 1 fully saturated rings. The molecule has 1 amide bonds. The van der Waals surface area contributed by atoms with Crippen molar-refractivity contribution in [1.82, 2.24) is 9.62 Å². The molecular formula is C19H20BrFN2O3S. The fraction of sp³-hybridized carbons (Fsp3) is 0.316. The minimum Gasteiger partial charge on any atom is -0.348 e. The Hall–Kier alpha value is -1.77. The summed E-state index contributed by atoms with van der Waals surface area (Å²) < 4.78 is 41.2. The van der Waals surface area contributed by atoms with Gasteiger partial charge in [-0.1, -0.05) is 34.5 Å². The molecule has 0 saturated carbocycles. The lowest BCUT2D eigenvalue weighted by molar-refractivity contribution is 0.0947. The van der Waals surface area contributed by atoms with Crippen LogP contribution in [0.4, 0.5) is 4.39 Å². The van der Waals surface area contributed by atoms with E-state index < -0.39 is 21.7 Å². The lowest BCUT2D eigenvalue weighted by Crippen LogP contribution is -2.35. The first-order chi connectivity index (χ1) is 12.9. The van der Waals surface area contributed by atoms with Gasteiger partial charge in [0.2, 0.25) is 10.0 Å². The highest BCUT2D eigenvalue weighted by Gasteiger charge is 2.25. The van der Waals surface area contributed by atoms with Crippen molar-refractivity contribution in [2.24, 2.45) is 0 Å². The summed E-state index contributed by atoms with van der Waals surface area (Å²) in [6, 6.07) is 10.7. The molecule has 144 valence electrons. The van der Waals surface area contributed by atoms with Gasteiger partial charge < -0.3 is 5.32 Å². The van der Waals surface area contributed by atoms with Crippen LogP contribution in [0.5, 0.6) is 0 Å². The van der Waals surface area contributed by atoms with Gasteiger partial charge in [0.1, 0.15) is 5.82 Å². The first-order valence-electron chi connectivity index (χ1n) is 8.70. The summed E-state index contributed by atoms with van der Waals surface area (Å²) in [5, 5.41) is 2.64. The Labute approximate surface area is 166 Å². The van der Waals surface area contributed by atoms with E-state index in [1.807, 2.05) is 0 Å². The molecule has 0 radical (unpaired) electrons. The monoisotopic (exact) mass is 454 g/mol. The Morgan fingerprint density at radius 1 is 1.07 bits per heavy atom. The molecule has 3 rings (SSSR count). The number of hydrogen-bond acceptors (Lipinski definition) is 3. The molecule has 8 heteroatoms. The van der Waals surface area contributed by atoms with Crippen LogP contribution < -0.4 is 5.32 Å². The maximum atomic E-state index is 13.8. The van der Waals surface area contributed by atoms with Crippen molar-refractivity contribution in [3.05, 3.63) is 63.9 Å². The first-order valence-corrected chi connectivity index (χ1v) is 10.9. The summed E-state index contributed by atoms with van der Waals surface area (Å²) in [5.74, 6) is -1.13. The van der Waals surface area contributed by atoms with Gasteiger partial charge in [0.15, 0.2) is 0 Å². The Morgan fingerprint density at radius 2 is 1.74 bits per heavy atom. The van der Waals surface area contributed by atoms with E-state index in [1.165, 1.54) is 16.4 Å². The van der Waals surface area contributed by atoms with E-state index in [4.69, 9.17) is 0 Å². The van der Waals surface area contributed by atoms with Crippen LogP contribution in [0.3, 0.4) is 0 Å². The van der Waals surface area contributed by atoms with Gasteiger partial charge in [-0.2, -0.15) is 4.31 Å². The van der Waals surface area contributed by atoms with Crippen LogP contribution >= 0.6 is 15.9 Å². The molecule has 0 aromatic heterocycles. The molecule has 0 aliphatic carbocycles. The highest BCUT2D eigenvalue weighted by molar-refractivity contribution is 9.10. The molecule has 2 aromatic rings. The number of hydrogen-bond donors (Lipinski definition) is 1. The number of amides is 1. The van der Waals surface area contributed by atoms with Crippen LogP contribution in [0.15, 0.2) is 51.8 Å². The second kappa shape index (κ2) is 8.50. The van der Waals surface area contributed by atoms with E-state index in [1.54, 1.807) is 30.3 Å². The summed E-state index contributed by atoms with van der Waals surface area (Å²) in [6.45, 7) is 1.29. The van der Waals surface area contributed by atoms with Gasteiger partial charge >= 0.3 is 0 Å². The molecular weight excluding hydrogens is 435 g/mol. The largest absolute Gasteiger partial charge is 0.348 e. The highest BCUT2D eigenvalue weighted by atomic mass is 79.9. The van der Waals surface area contributed by atoms with Crippen molar-refractivity contribution in [3.8, 4) is 0 Å². The van der Waals surface area contributed by atoms with Crippen LogP contribution in [0.1, 0.15) is 35.2 Å². The minimum absolute atomic E-state index is 0.0394. The van der Waals surface area contributed by atoms with Gasteiger partial charge in [0.05, 0.1) is 10.5 Å². The van der Waals surface area contributed by atoms with Crippen molar-refractivity contribution < 1.29 is 17.6 Å². The molecule has 5 nitrogen and oxygen atoms in total. The SMILES string of the molecule is O=C(NCc1ccc(S(=O)(=O)N2CCCCC2)cc1)c1ccc(Br)cc1F. The number of carbonyl (C=O) groups is 1. The van der Waals surface area contributed by atoms with Crippen LogP contribution in [0, 0.1) is 5.82 Å². The first kappa shape index (κ1) is 20.0. The number of benzene rings is 2. The minimum atomic E-state index is -3.47. The molecule has 27 heavy (non-hydrogen) atoms. The average molecular weight is 455 g/mol. The Balaban J connectivity index is 1.64. The van der Waals surface area contributed by atoms with E-state index in [9.17, 15) is 17.6 Å². The Kier molecular flexibility index (Phi) is 6.29. The summed E-state index contributed by atoms with van der Waals surface area (Å²) in [4.78, 5) is 12.4. The van der Waals surface area contributed by atoms with Gasteiger partial charge in [0, 0.05) is 24.1 Å². The fourth-order valence-corrected chi connectivity index (χ4v) is 4.84. The molecule has 1 saturated heterocycles. The molecule has 0 bridgehead atoms. The number of nitrogens with zero attached hydrogens (tertiary/aromatic N) is 1. The smallest absolute Gasteiger partial charge is 0.254 e. The van der Waals surface area contributed by atoms with Crippen molar-refractivity contribution in [3.63, 3.8) is 0 Å². The van der Waals surface area contributed by atoms with Crippen LogP contribution in [0.25, 0.3) is 0 Å². The van der Waals surface area contributed by atoms with E-state index in [0.717, 1.165) is 24.8 Å². The second-order valence-electron chi connectivity index (χ2n) is 6.42. The topological polar surface area (TPSA) is 66.5 Å². The number of rotatable bonds is 5.